The van der Waals surface area contributed by atoms with E-state index in [1.165, 1.54) is 0 Å². The van der Waals surface area contributed by atoms with Crippen molar-refractivity contribution >= 4 is 16.7 Å². The second kappa shape index (κ2) is 3.63. The van der Waals surface area contributed by atoms with E-state index in [-0.39, 0.29) is 12.7 Å². The highest BCUT2D eigenvalue weighted by Crippen LogP contribution is 2.11. The Morgan fingerprint density at radius 1 is 1.42 bits per heavy atom. The Morgan fingerprint density at radius 3 is 3.21 bits per heavy atom. The Kier molecular flexibility index (Phi) is 1.96. The molecule has 1 atom stereocenters. The molecule has 1 N–H and O–H groups in total. The van der Waals surface area contributed by atoms with Crippen LogP contribution in [0.25, 0.3) is 10.9 Å². The van der Waals surface area contributed by atoms with E-state index >= 15 is 0 Å². The van der Waals surface area contributed by atoms with Crippen LogP contribution >= 0.6 is 0 Å². The summed E-state index contributed by atoms with van der Waals surface area (Å²) in [4.78, 5) is 13.8. The predicted octanol–water partition coefficient (Wildman–Crippen LogP) is -0.408. The maximum atomic E-state index is 8.98. The standard InChI is InChI=1S/C12H8N6O/c13-5-6-18-8-4-2-1-3-7(8)9-12(18)15-11-10(14-9)16-19-17-11/h1-4,10,16H,6H2. The number of nitrogens with zero attached hydrogens (tertiary/aromatic N) is 5. The average Bonchev–Trinajstić information content (AvgIpc) is 3.01. The smallest absolute Gasteiger partial charge is 0.215 e. The van der Waals surface area contributed by atoms with Crippen molar-refractivity contribution in [3.05, 3.63) is 35.1 Å². The summed E-state index contributed by atoms with van der Waals surface area (Å²) in [6.07, 6.45) is -0.367. The lowest BCUT2D eigenvalue weighted by Gasteiger charge is -2.04. The number of nitriles is 1. The first kappa shape index (κ1) is 10.2. The molecule has 1 aromatic carbocycles. The van der Waals surface area contributed by atoms with Crippen molar-refractivity contribution in [2.45, 2.75) is 12.7 Å². The molecular weight excluding hydrogens is 244 g/mol. The minimum atomic E-state index is -0.367. The van der Waals surface area contributed by atoms with Gasteiger partial charge in [-0.2, -0.15) is 5.26 Å². The van der Waals surface area contributed by atoms with Crippen LogP contribution in [0.5, 0.6) is 0 Å². The molecule has 7 heteroatoms. The molecular formula is C12H8N6O. The minimum Gasteiger partial charge on any atom is -0.310 e. The molecule has 0 radical (unpaired) electrons. The first-order valence-electron chi connectivity index (χ1n) is 5.78. The summed E-state index contributed by atoms with van der Waals surface area (Å²) in [6, 6.07) is 9.95. The van der Waals surface area contributed by atoms with E-state index in [1.807, 2.05) is 28.8 Å². The molecule has 0 aliphatic carbocycles. The van der Waals surface area contributed by atoms with E-state index in [0.29, 0.717) is 11.3 Å². The van der Waals surface area contributed by atoms with Gasteiger partial charge in [0.05, 0.1) is 11.6 Å². The van der Waals surface area contributed by atoms with Gasteiger partial charge in [0.25, 0.3) is 0 Å². The third-order valence-electron chi connectivity index (χ3n) is 3.17. The number of aromatic nitrogens is 1. The number of rotatable bonds is 1. The zero-order chi connectivity index (χ0) is 12.8. The number of nitrogens with one attached hydrogen (secondary N) is 1. The quantitative estimate of drug-likeness (QED) is 0.748. The first-order valence-corrected chi connectivity index (χ1v) is 5.78. The molecule has 92 valence electrons. The van der Waals surface area contributed by atoms with Gasteiger partial charge in [0.15, 0.2) is 11.7 Å². The molecule has 0 saturated heterocycles. The fourth-order valence-electron chi connectivity index (χ4n) is 2.37. The molecule has 3 heterocycles. The highest BCUT2D eigenvalue weighted by Gasteiger charge is 2.26. The number of hydroxylamine groups is 1. The summed E-state index contributed by atoms with van der Waals surface area (Å²) < 4.78 is 1.84. The maximum absolute atomic E-state index is 8.98. The normalized spacial score (nSPS) is 19.5. The second-order valence-electron chi connectivity index (χ2n) is 4.24. The monoisotopic (exact) mass is 252 g/mol. The Labute approximate surface area is 107 Å². The van der Waals surface area contributed by atoms with Gasteiger partial charge in [0.1, 0.15) is 11.9 Å². The molecule has 1 aromatic heterocycles. The summed E-state index contributed by atoms with van der Waals surface area (Å²) in [7, 11) is 0. The van der Waals surface area contributed by atoms with Gasteiger partial charge in [-0.3, -0.25) is 9.93 Å². The summed E-state index contributed by atoms with van der Waals surface area (Å²) >= 11 is 0. The van der Waals surface area contributed by atoms with Gasteiger partial charge in [-0.25, -0.2) is 4.99 Å². The third-order valence-corrected chi connectivity index (χ3v) is 3.17. The number of fused-ring (bicyclic) bond motifs is 4. The van der Waals surface area contributed by atoms with Crippen LogP contribution in [0.1, 0.15) is 0 Å². The van der Waals surface area contributed by atoms with Crippen LogP contribution in [-0.2, 0) is 11.5 Å². The number of para-hydroxylation sites is 1. The maximum Gasteiger partial charge on any atom is 0.215 e. The van der Waals surface area contributed by atoms with Crippen LogP contribution in [0.2, 0.25) is 0 Å². The lowest BCUT2D eigenvalue weighted by molar-refractivity contribution is 0.0608. The van der Waals surface area contributed by atoms with Gasteiger partial charge >= 0.3 is 0 Å². The van der Waals surface area contributed by atoms with E-state index < -0.39 is 0 Å². The molecule has 2 aromatic rings. The average molecular weight is 252 g/mol. The van der Waals surface area contributed by atoms with Gasteiger partial charge < -0.3 is 4.57 Å². The van der Waals surface area contributed by atoms with Crippen LogP contribution in [0.3, 0.4) is 0 Å². The van der Waals surface area contributed by atoms with Crippen molar-refractivity contribution in [3.8, 4) is 6.07 Å². The van der Waals surface area contributed by atoms with Gasteiger partial charge in [-0.15, -0.1) is 0 Å². The Balaban J connectivity index is 2.18. The predicted molar refractivity (Wildman–Crippen MR) is 65.3 cm³/mol. The molecule has 19 heavy (non-hydrogen) atoms. The highest BCUT2D eigenvalue weighted by molar-refractivity contribution is 5.90. The van der Waals surface area contributed by atoms with Crippen molar-refractivity contribution in [2.24, 2.45) is 15.1 Å². The topological polar surface area (TPSA) is 87.1 Å². The molecule has 0 spiro atoms. The largest absolute Gasteiger partial charge is 0.310 e. The summed E-state index contributed by atoms with van der Waals surface area (Å²) in [5.74, 6) is 0.481. The highest BCUT2D eigenvalue weighted by atomic mass is 16.8. The van der Waals surface area contributed by atoms with E-state index in [2.05, 4.69) is 26.7 Å². The van der Waals surface area contributed by atoms with Gasteiger partial charge in [-0.1, -0.05) is 23.7 Å². The fourth-order valence-corrected chi connectivity index (χ4v) is 2.37. The lowest BCUT2D eigenvalue weighted by atomic mass is 10.2. The summed E-state index contributed by atoms with van der Waals surface area (Å²) in [5.41, 5.74) is 4.27. The lowest BCUT2D eigenvalue weighted by Crippen LogP contribution is -2.41. The zero-order valence-corrected chi connectivity index (χ0v) is 9.74. The van der Waals surface area contributed by atoms with Gasteiger partial charge in [-0.05, 0) is 11.2 Å². The van der Waals surface area contributed by atoms with Crippen LogP contribution in [0, 0.1) is 11.3 Å². The molecule has 4 rings (SSSR count). The summed E-state index contributed by atoms with van der Waals surface area (Å²) in [5, 5.41) is 14.5. The van der Waals surface area contributed by atoms with Crippen molar-refractivity contribution < 1.29 is 4.94 Å². The molecule has 0 fully saturated rings. The molecule has 0 amide bonds. The van der Waals surface area contributed by atoms with Crippen molar-refractivity contribution in [1.29, 1.82) is 5.26 Å². The molecule has 1 unspecified atom stereocenters. The van der Waals surface area contributed by atoms with Crippen LogP contribution in [0.15, 0.2) is 39.4 Å². The Morgan fingerprint density at radius 2 is 2.32 bits per heavy atom. The fraction of sp³-hybridized carbons (Fsp3) is 0.167. The second-order valence-corrected chi connectivity index (χ2v) is 4.24. The van der Waals surface area contributed by atoms with Crippen molar-refractivity contribution in [3.63, 3.8) is 0 Å². The van der Waals surface area contributed by atoms with E-state index in [1.54, 1.807) is 0 Å². The van der Waals surface area contributed by atoms with Crippen LogP contribution < -0.4 is 16.3 Å². The van der Waals surface area contributed by atoms with Gasteiger partial charge in [0, 0.05) is 5.39 Å². The number of oxime groups is 1. The number of hydrogen-bond acceptors (Lipinski definition) is 6. The first-order chi connectivity index (χ1) is 9.38. The number of amidine groups is 1. The molecule has 7 nitrogen and oxygen atoms in total. The SMILES string of the molecule is N#CCn1c2c(c3ccccc31)=NC1NON=C1N=2. The zero-order valence-electron chi connectivity index (χ0n) is 9.74. The van der Waals surface area contributed by atoms with E-state index in [9.17, 15) is 0 Å². The molecule has 2 aliphatic rings. The molecule has 0 bridgehead atoms. The van der Waals surface area contributed by atoms with Crippen LogP contribution in [0.4, 0.5) is 0 Å². The number of hydrogen-bond donors (Lipinski definition) is 1. The summed E-state index contributed by atoms with van der Waals surface area (Å²) in [6.45, 7) is 0.223. The minimum absolute atomic E-state index is 0.223. The van der Waals surface area contributed by atoms with Crippen molar-refractivity contribution in [1.82, 2.24) is 10.0 Å². The Bertz CT molecular complexity index is 872. The van der Waals surface area contributed by atoms with E-state index in [4.69, 9.17) is 10.2 Å². The third kappa shape index (κ3) is 1.31. The Hall–Kier alpha value is -2.72. The van der Waals surface area contributed by atoms with Gasteiger partial charge in [0.2, 0.25) is 5.84 Å². The van der Waals surface area contributed by atoms with Crippen LogP contribution in [-0.4, -0.2) is 16.6 Å². The molecule has 0 saturated carbocycles. The van der Waals surface area contributed by atoms with Crippen molar-refractivity contribution in [2.75, 3.05) is 0 Å². The number of benzene rings is 1. The van der Waals surface area contributed by atoms with E-state index in [0.717, 1.165) is 16.3 Å². The molecule has 2 aliphatic heterocycles.